The summed E-state index contributed by atoms with van der Waals surface area (Å²) in [4.78, 5) is 14.6. The second kappa shape index (κ2) is 3.73. The number of nitrogens with zero attached hydrogens (tertiary/aromatic N) is 2. The van der Waals surface area contributed by atoms with Crippen LogP contribution in [-0.2, 0) is 0 Å². The molecule has 0 spiro atoms. The number of hydrogen-bond acceptors (Lipinski definition) is 3. The molecule has 1 aliphatic heterocycles. The molecule has 3 fully saturated rings. The molecule has 0 radical (unpaired) electrons. The van der Waals surface area contributed by atoms with Crippen molar-refractivity contribution in [2.45, 2.75) is 38.6 Å². The maximum absolute atomic E-state index is 12.8. The van der Waals surface area contributed by atoms with Gasteiger partial charge in [-0.05, 0) is 58.7 Å². The lowest BCUT2D eigenvalue weighted by atomic mass is 9.66. The summed E-state index contributed by atoms with van der Waals surface area (Å²) in [5, 5.41) is 9.93. The number of likely N-dealkylation sites (tertiary alicyclic amines) is 1. The summed E-state index contributed by atoms with van der Waals surface area (Å²) in [6, 6.07) is 5.92. The Hall–Kier alpha value is -1.28. The molecule has 110 valence electrons. The summed E-state index contributed by atoms with van der Waals surface area (Å²) in [6.45, 7) is 5.13. The van der Waals surface area contributed by atoms with Crippen LogP contribution in [0.3, 0.4) is 0 Å². The van der Waals surface area contributed by atoms with Gasteiger partial charge in [0.05, 0.1) is 6.07 Å². The molecule has 4 nitrogen and oxygen atoms in total. The lowest BCUT2D eigenvalue weighted by molar-refractivity contribution is 0.0399. The van der Waals surface area contributed by atoms with E-state index < -0.39 is 5.54 Å². The first-order valence-corrected chi connectivity index (χ1v) is 8.16. The number of rotatable bonds is 1. The minimum Gasteiger partial charge on any atom is -0.444 e. The van der Waals surface area contributed by atoms with Crippen LogP contribution < -0.4 is 0 Å². The molecule has 0 unspecified atom stereocenters. The summed E-state index contributed by atoms with van der Waals surface area (Å²) in [7, 11) is 0. The van der Waals surface area contributed by atoms with Crippen LogP contribution in [-0.4, -0.2) is 22.9 Å². The fourth-order valence-corrected chi connectivity index (χ4v) is 5.62. The molecule has 1 saturated heterocycles. The van der Waals surface area contributed by atoms with Crippen LogP contribution in [0.4, 0.5) is 0 Å². The fraction of sp³-hybridized carbons (Fsp3) is 0.625. The van der Waals surface area contributed by atoms with Gasteiger partial charge in [0.1, 0.15) is 5.54 Å². The molecule has 2 saturated carbocycles. The fourth-order valence-electron chi connectivity index (χ4n) is 5.32. The van der Waals surface area contributed by atoms with Gasteiger partial charge >= 0.3 is 0 Å². The normalized spacial score (nSPS) is 43.3. The number of hydrogen-bond donors (Lipinski definition) is 0. The standard InChI is InChI=1S/C16H17BrN2O2/c1-14-9-19(13(20)11-3-4-12(17)21-11)16(8-18)7-10(14)5-6-15(14,16)2/h3-4,10H,5-7,9H2,1-2H3/t10-,14-,15+,16-/m0/s1. The molecule has 3 aliphatic rings. The van der Waals surface area contributed by atoms with E-state index >= 15 is 0 Å². The Morgan fingerprint density at radius 3 is 2.86 bits per heavy atom. The maximum atomic E-state index is 12.8. The first kappa shape index (κ1) is 13.4. The largest absolute Gasteiger partial charge is 0.444 e. The number of piperidine rings is 1. The van der Waals surface area contributed by atoms with Gasteiger partial charge in [0.15, 0.2) is 10.4 Å². The van der Waals surface area contributed by atoms with E-state index in [4.69, 9.17) is 4.42 Å². The lowest BCUT2D eigenvalue weighted by Crippen LogP contribution is -2.54. The molecule has 1 amide bonds. The summed E-state index contributed by atoms with van der Waals surface area (Å²) in [5.41, 5.74) is -0.706. The SMILES string of the molecule is C[C@]12CC[C@H]3C[C@@]1(C#N)N(C(=O)c1ccc(Br)o1)C[C@@]32C. The highest BCUT2D eigenvalue weighted by molar-refractivity contribution is 9.10. The highest BCUT2D eigenvalue weighted by Gasteiger charge is 2.79. The number of amides is 1. The van der Waals surface area contributed by atoms with Crippen molar-refractivity contribution in [2.24, 2.45) is 16.7 Å². The van der Waals surface area contributed by atoms with Crippen LogP contribution in [0.15, 0.2) is 21.2 Å². The number of furan rings is 1. The van der Waals surface area contributed by atoms with Crippen LogP contribution >= 0.6 is 15.9 Å². The minimum atomic E-state index is -0.666. The summed E-state index contributed by atoms with van der Waals surface area (Å²) >= 11 is 3.23. The van der Waals surface area contributed by atoms with Crippen molar-refractivity contribution >= 4 is 21.8 Å². The van der Waals surface area contributed by atoms with Crippen molar-refractivity contribution in [3.63, 3.8) is 0 Å². The van der Waals surface area contributed by atoms with Gasteiger partial charge in [-0.15, -0.1) is 0 Å². The van der Waals surface area contributed by atoms with E-state index in [1.165, 1.54) is 6.42 Å². The van der Waals surface area contributed by atoms with Crippen molar-refractivity contribution in [2.75, 3.05) is 6.54 Å². The first-order chi connectivity index (χ1) is 9.88. The molecule has 2 aliphatic carbocycles. The predicted molar refractivity (Wildman–Crippen MR) is 79.3 cm³/mol. The molecule has 1 aromatic heterocycles. The zero-order chi connectivity index (χ0) is 15.0. The van der Waals surface area contributed by atoms with E-state index in [-0.39, 0.29) is 16.7 Å². The van der Waals surface area contributed by atoms with Crippen molar-refractivity contribution in [1.82, 2.24) is 4.90 Å². The molecule has 4 rings (SSSR count). The zero-order valence-corrected chi connectivity index (χ0v) is 13.7. The van der Waals surface area contributed by atoms with Gasteiger partial charge in [0.2, 0.25) is 0 Å². The van der Waals surface area contributed by atoms with Crippen LogP contribution in [0.25, 0.3) is 0 Å². The molecular weight excluding hydrogens is 332 g/mol. The van der Waals surface area contributed by atoms with Crippen molar-refractivity contribution < 1.29 is 9.21 Å². The number of nitriles is 1. The molecule has 4 atom stereocenters. The third-order valence-corrected chi connectivity index (χ3v) is 7.20. The number of halogens is 1. The Morgan fingerprint density at radius 2 is 2.29 bits per heavy atom. The highest BCUT2D eigenvalue weighted by Crippen LogP contribution is 2.75. The van der Waals surface area contributed by atoms with Crippen molar-refractivity contribution in [1.29, 1.82) is 5.26 Å². The Kier molecular flexibility index (Phi) is 2.38. The zero-order valence-electron chi connectivity index (χ0n) is 12.1. The van der Waals surface area contributed by atoms with E-state index in [0.29, 0.717) is 22.9 Å². The molecule has 2 heterocycles. The average Bonchev–Trinajstić information content (AvgIpc) is 3.10. The lowest BCUT2D eigenvalue weighted by Gasteiger charge is -2.42. The van der Waals surface area contributed by atoms with Crippen molar-refractivity contribution in [3.05, 3.63) is 22.6 Å². The van der Waals surface area contributed by atoms with Gasteiger partial charge < -0.3 is 9.32 Å². The van der Waals surface area contributed by atoms with Gasteiger partial charge in [-0.2, -0.15) is 5.26 Å². The molecule has 4 bridgehead atoms. The average molecular weight is 349 g/mol. The van der Waals surface area contributed by atoms with Gasteiger partial charge in [0, 0.05) is 12.0 Å². The van der Waals surface area contributed by atoms with Gasteiger partial charge in [-0.1, -0.05) is 13.8 Å². The van der Waals surface area contributed by atoms with Gasteiger partial charge in [-0.3, -0.25) is 4.79 Å². The van der Waals surface area contributed by atoms with Crippen LogP contribution in [0.1, 0.15) is 43.7 Å². The quantitative estimate of drug-likeness (QED) is 0.779. The Labute approximate surface area is 132 Å². The molecule has 5 heteroatoms. The smallest absolute Gasteiger partial charge is 0.290 e. The van der Waals surface area contributed by atoms with Gasteiger partial charge in [0.25, 0.3) is 5.91 Å². The van der Waals surface area contributed by atoms with E-state index in [1.54, 1.807) is 17.0 Å². The topological polar surface area (TPSA) is 57.2 Å². The molecule has 0 aromatic carbocycles. The Morgan fingerprint density at radius 1 is 1.52 bits per heavy atom. The molecule has 1 aromatic rings. The second-order valence-electron chi connectivity index (χ2n) is 7.16. The van der Waals surface area contributed by atoms with Crippen molar-refractivity contribution in [3.8, 4) is 6.07 Å². The summed E-state index contributed by atoms with van der Waals surface area (Å²) in [5.74, 6) is 0.721. The third-order valence-electron chi connectivity index (χ3n) is 6.77. The highest BCUT2D eigenvalue weighted by atomic mass is 79.9. The van der Waals surface area contributed by atoms with Crippen LogP contribution in [0, 0.1) is 28.1 Å². The summed E-state index contributed by atoms with van der Waals surface area (Å²) < 4.78 is 5.96. The van der Waals surface area contributed by atoms with E-state index in [9.17, 15) is 10.1 Å². The molecular formula is C16H17BrN2O2. The van der Waals surface area contributed by atoms with Crippen LogP contribution in [0.2, 0.25) is 0 Å². The molecule has 0 N–H and O–H groups in total. The Bertz CT molecular complexity index is 693. The van der Waals surface area contributed by atoms with Crippen LogP contribution in [0.5, 0.6) is 0 Å². The minimum absolute atomic E-state index is 0.0578. The second-order valence-corrected chi connectivity index (χ2v) is 7.94. The maximum Gasteiger partial charge on any atom is 0.290 e. The number of carbonyl (C=O) groups is 1. The molecule has 21 heavy (non-hydrogen) atoms. The first-order valence-electron chi connectivity index (χ1n) is 7.36. The van der Waals surface area contributed by atoms with E-state index in [1.807, 2.05) is 0 Å². The number of carbonyl (C=O) groups excluding carboxylic acids is 1. The third kappa shape index (κ3) is 1.25. The predicted octanol–water partition coefficient (Wildman–Crippen LogP) is 3.59. The monoisotopic (exact) mass is 348 g/mol. The Balaban J connectivity index is 1.80. The van der Waals surface area contributed by atoms with E-state index in [2.05, 4.69) is 35.8 Å². The van der Waals surface area contributed by atoms with Gasteiger partial charge in [-0.25, -0.2) is 0 Å². The van der Waals surface area contributed by atoms with E-state index in [0.717, 1.165) is 12.8 Å². The summed E-state index contributed by atoms with van der Waals surface area (Å²) in [6.07, 6.45) is 3.03.